The molecular formula is C22H28N2O4S. The summed E-state index contributed by atoms with van der Waals surface area (Å²) < 4.78 is 0. The van der Waals surface area contributed by atoms with Crippen molar-refractivity contribution in [1.29, 1.82) is 0 Å². The van der Waals surface area contributed by atoms with E-state index < -0.39 is 23.7 Å². The van der Waals surface area contributed by atoms with Crippen LogP contribution in [0.15, 0.2) is 11.1 Å². The van der Waals surface area contributed by atoms with Gasteiger partial charge in [-0.05, 0) is 69.8 Å². The third kappa shape index (κ3) is 3.29. The topological polar surface area (TPSA) is 109 Å². The number of hydrogen-bond donors (Lipinski definition) is 3. The van der Waals surface area contributed by atoms with E-state index in [9.17, 15) is 19.5 Å². The molecule has 2 amide bonds. The minimum absolute atomic E-state index is 0.0269. The van der Waals surface area contributed by atoms with E-state index in [-0.39, 0.29) is 17.7 Å². The van der Waals surface area contributed by atoms with Crippen molar-refractivity contribution in [2.24, 2.45) is 29.4 Å². The molecule has 0 spiro atoms. The Morgan fingerprint density at radius 2 is 1.69 bits per heavy atom. The summed E-state index contributed by atoms with van der Waals surface area (Å²) in [5.74, 6) is -3.11. The monoisotopic (exact) mass is 416 g/mol. The van der Waals surface area contributed by atoms with Crippen molar-refractivity contribution in [3.63, 3.8) is 0 Å². The van der Waals surface area contributed by atoms with Crippen LogP contribution in [0.4, 0.5) is 5.00 Å². The van der Waals surface area contributed by atoms with Crippen molar-refractivity contribution in [1.82, 2.24) is 0 Å². The van der Waals surface area contributed by atoms with E-state index in [1.165, 1.54) is 11.3 Å². The summed E-state index contributed by atoms with van der Waals surface area (Å²) in [5, 5.41) is 13.3. The largest absolute Gasteiger partial charge is 0.481 e. The Hall–Kier alpha value is -2.15. The number of allylic oxidation sites excluding steroid dienone is 2. The number of fused-ring (bicyclic) bond motifs is 3. The molecule has 0 aromatic carbocycles. The van der Waals surface area contributed by atoms with Crippen molar-refractivity contribution in [3.8, 4) is 0 Å². The molecule has 4 rings (SSSR count). The van der Waals surface area contributed by atoms with Crippen LogP contribution in [-0.2, 0) is 22.4 Å². The molecule has 4 atom stereocenters. The van der Waals surface area contributed by atoms with Crippen LogP contribution in [0.2, 0.25) is 0 Å². The second-order valence-electron chi connectivity index (χ2n) is 8.76. The molecule has 156 valence electrons. The molecule has 0 aliphatic heterocycles. The van der Waals surface area contributed by atoms with Gasteiger partial charge in [0.1, 0.15) is 5.00 Å². The van der Waals surface area contributed by atoms with Crippen LogP contribution >= 0.6 is 11.3 Å². The molecule has 1 aromatic heterocycles. The van der Waals surface area contributed by atoms with E-state index in [0.29, 0.717) is 10.6 Å². The number of rotatable bonds is 4. The summed E-state index contributed by atoms with van der Waals surface area (Å²) >= 11 is 1.44. The van der Waals surface area contributed by atoms with Crippen LogP contribution in [0.1, 0.15) is 66.8 Å². The average Bonchev–Trinajstić information content (AvgIpc) is 3.26. The fourth-order valence-electron chi connectivity index (χ4n) is 5.89. The third-order valence-corrected chi connectivity index (χ3v) is 8.12. The molecule has 2 bridgehead atoms. The first kappa shape index (κ1) is 20.1. The normalized spacial score (nSPS) is 28.0. The van der Waals surface area contributed by atoms with Gasteiger partial charge in [0.2, 0.25) is 5.91 Å². The number of amides is 2. The van der Waals surface area contributed by atoms with Gasteiger partial charge in [0.05, 0.1) is 17.4 Å². The van der Waals surface area contributed by atoms with Crippen molar-refractivity contribution in [2.75, 3.05) is 5.32 Å². The summed E-state index contributed by atoms with van der Waals surface area (Å²) in [6.07, 6.45) is 6.56. The molecule has 1 heterocycles. The van der Waals surface area contributed by atoms with Crippen LogP contribution in [0.25, 0.3) is 0 Å². The molecule has 7 heteroatoms. The predicted octanol–water partition coefficient (Wildman–Crippen LogP) is 3.75. The molecule has 0 radical (unpaired) electrons. The Balaban J connectivity index is 1.67. The lowest BCUT2D eigenvalue weighted by Gasteiger charge is -2.26. The van der Waals surface area contributed by atoms with Gasteiger partial charge in [-0.3, -0.25) is 14.4 Å². The molecule has 0 saturated heterocycles. The third-order valence-electron chi connectivity index (χ3n) is 6.91. The van der Waals surface area contributed by atoms with Crippen molar-refractivity contribution < 1.29 is 19.5 Å². The Morgan fingerprint density at radius 1 is 1.03 bits per heavy atom. The zero-order chi connectivity index (χ0) is 20.9. The van der Waals surface area contributed by atoms with E-state index in [1.807, 2.05) is 13.8 Å². The number of carboxylic acids is 1. The molecule has 6 nitrogen and oxygen atoms in total. The maximum absolute atomic E-state index is 13.3. The van der Waals surface area contributed by atoms with Crippen molar-refractivity contribution in [3.05, 3.63) is 27.2 Å². The summed E-state index contributed by atoms with van der Waals surface area (Å²) in [6.45, 7) is 4.00. The van der Waals surface area contributed by atoms with E-state index in [0.717, 1.165) is 66.5 Å². The Morgan fingerprint density at radius 3 is 2.31 bits per heavy atom. The maximum Gasteiger partial charge on any atom is 0.307 e. The maximum atomic E-state index is 13.3. The number of carboxylic acid groups (broad SMARTS) is 1. The fraction of sp³-hybridized carbons (Fsp3) is 0.591. The molecule has 1 aromatic rings. The number of nitrogens with two attached hydrogens (primary N) is 1. The predicted molar refractivity (Wildman–Crippen MR) is 112 cm³/mol. The number of aryl methyl sites for hydroxylation is 1. The van der Waals surface area contributed by atoms with E-state index in [2.05, 4.69) is 5.32 Å². The highest BCUT2D eigenvalue weighted by Gasteiger charge is 2.57. The zero-order valence-corrected chi connectivity index (χ0v) is 17.7. The van der Waals surface area contributed by atoms with E-state index in [1.54, 1.807) is 0 Å². The van der Waals surface area contributed by atoms with Gasteiger partial charge >= 0.3 is 5.97 Å². The molecule has 29 heavy (non-hydrogen) atoms. The highest BCUT2D eigenvalue weighted by atomic mass is 32.1. The van der Waals surface area contributed by atoms with Crippen LogP contribution in [0, 0.1) is 23.7 Å². The van der Waals surface area contributed by atoms with E-state index >= 15 is 0 Å². The first-order valence-electron chi connectivity index (χ1n) is 10.5. The summed E-state index contributed by atoms with van der Waals surface area (Å²) in [4.78, 5) is 38.6. The average molecular weight is 417 g/mol. The smallest absolute Gasteiger partial charge is 0.307 e. The Bertz CT molecular complexity index is 912. The van der Waals surface area contributed by atoms with E-state index in [4.69, 9.17) is 5.73 Å². The number of carbonyl (C=O) groups excluding carboxylic acids is 2. The summed E-state index contributed by atoms with van der Waals surface area (Å²) in [5.41, 5.74) is 9.35. The molecular weight excluding hydrogens is 388 g/mol. The SMILES string of the molecule is CC(C)=C1[C@H]2CC[C@@H]1[C@@H](C(=O)O)[C@@H]2C(=O)Nc1sc2c(c1C(N)=O)CCCCC2. The number of anilines is 1. The van der Waals surface area contributed by atoms with Gasteiger partial charge in [-0.1, -0.05) is 17.6 Å². The van der Waals surface area contributed by atoms with Gasteiger partial charge in [-0.15, -0.1) is 11.3 Å². The number of hydrogen-bond acceptors (Lipinski definition) is 4. The van der Waals surface area contributed by atoms with Gasteiger partial charge in [0.15, 0.2) is 0 Å². The second kappa shape index (κ2) is 7.59. The standard InChI is InChI=1S/C22H28N2O4S/c1-10(2)15-12-8-9-13(15)17(22(27)28)16(12)20(26)24-21-18(19(23)25)11-6-4-3-5-7-14(11)29-21/h12-13,16-17H,3-9H2,1-2H3,(H2,23,25)(H,24,26)(H,27,28)/t12-,13+,16-,17-/m1/s1. The van der Waals surface area contributed by atoms with Crippen molar-refractivity contribution >= 4 is 34.1 Å². The van der Waals surface area contributed by atoms with Gasteiger partial charge in [0.25, 0.3) is 5.91 Å². The molecule has 2 saturated carbocycles. The van der Waals surface area contributed by atoms with Crippen LogP contribution < -0.4 is 11.1 Å². The Kier molecular flexibility index (Phi) is 5.27. The fourth-order valence-corrected chi connectivity index (χ4v) is 7.19. The number of thiophene rings is 1. The van der Waals surface area contributed by atoms with Gasteiger partial charge in [0, 0.05) is 4.88 Å². The number of primary amides is 1. The van der Waals surface area contributed by atoms with Crippen LogP contribution in [0.5, 0.6) is 0 Å². The molecule has 2 fully saturated rings. The summed E-state index contributed by atoms with van der Waals surface area (Å²) in [7, 11) is 0. The van der Waals surface area contributed by atoms with Crippen molar-refractivity contribution in [2.45, 2.75) is 58.8 Å². The number of aliphatic carboxylic acids is 1. The highest BCUT2D eigenvalue weighted by Crippen LogP contribution is 2.57. The quantitative estimate of drug-likeness (QED) is 0.513. The lowest BCUT2D eigenvalue weighted by atomic mass is 9.78. The second-order valence-corrected chi connectivity index (χ2v) is 9.86. The summed E-state index contributed by atoms with van der Waals surface area (Å²) in [6, 6.07) is 0. The Labute approximate surface area is 174 Å². The van der Waals surface area contributed by atoms with Gasteiger partial charge in [-0.2, -0.15) is 0 Å². The molecule has 0 unspecified atom stereocenters. The molecule has 3 aliphatic carbocycles. The van der Waals surface area contributed by atoms with Crippen LogP contribution in [0.3, 0.4) is 0 Å². The number of carbonyl (C=O) groups is 3. The lowest BCUT2D eigenvalue weighted by Crippen LogP contribution is -2.38. The number of nitrogens with one attached hydrogen (secondary N) is 1. The zero-order valence-electron chi connectivity index (χ0n) is 16.9. The lowest BCUT2D eigenvalue weighted by molar-refractivity contribution is -0.148. The van der Waals surface area contributed by atoms with Gasteiger partial charge < -0.3 is 16.2 Å². The van der Waals surface area contributed by atoms with Crippen LogP contribution in [-0.4, -0.2) is 22.9 Å². The minimum atomic E-state index is -0.909. The first-order valence-corrected chi connectivity index (χ1v) is 11.3. The molecule has 3 aliphatic rings. The highest BCUT2D eigenvalue weighted by molar-refractivity contribution is 7.17. The molecule has 4 N–H and O–H groups in total. The first-order chi connectivity index (χ1) is 13.8. The minimum Gasteiger partial charge on any atom is -0.481 e. The van der Waals surface area contributed by atoms with Gasteiger partial charge in [-0.25, -0.2) is 0 Å².